The van der Waals surface area contributed by atoms with E-state index in [0.717, 1.165) is 17.9 Å². The van der Waals surface area contributed by atoms with Crippen LogP contribution in [0.2, 0.25) is 0 Å². The first-order valence-electron chi connectivity index (χ1n) is 7.21. The Kier molecular flexibility index (Phi) is 6.15. The van der Waals surface area contributed by atoms with Gasteiger partial charge in [0, 0.05) is 16.7 Å². The van der Waals surface area contributed by atoms with Crippen molar-refractivity contribution in [3.8, 4) is 5.75 Å². The summed E-state index contributed by atoms with van der Waals surface area (Å²) in [5.74, 6) is 1.98. The smallest absolute Gasteiger partial charge is 0.119 e. The van der Waals surface area contributed by atoms with Crippen molar-refractivity contribution < 1.29 is 4.74 Å². The third kappa shape index (κ3) is 4.80. The van der Waals surface area contributed by atoms with Crippen LogP contribution in [0, 0.1) is 6.92 Å². The zero-order valence-electron chi connectivity index (χ0n) is 12.9. The summed E-state index contributed by atoms with van der Waals surface area (Å²) in [7, 11) is 3.74. The van der Waals surface area contributed by atoms with Gasteiger partial charge in [0.25, 0.3) is 0 Å². The Hall–Kier alpha value is -1.45. The Morgan fingerprint density at radius 3 is 2.67 bits per heavy atom. The second kappa shape index (κ2) is 8.11. The first kappa shape index (κ1) is 15.9. The van der Waals surface area contributed by atoms with Gasteiger partial charge in [-0.05, 0) is 49.7 Å². The van der Waals surface area contributed by atoms with Crippen LogP contribution in [0.1, 0.15) is 11.1 Å². The van der Waals surface area contributed by atoms with Gasteiger partial charge in [-0.2, -0.15) is 0 Å². The molecule has 0 amide bonds. The van der Waals surface area contributed by atoms with Gasteiger partial charge in [0.15, 0.2) is 0 Å². The molecule has 0 aliphatic heterocycles. The van der Waals surface area contributed by atoms with Crippen molar-refractivity contribution in [1.29, 1.82) is 0 Å². The summed E-state index contributed by atoms with van der Waals surface area (Å²) in [5, 5.41) is 3.42. The molecule has 3 heteroatoms. The monoisotopic (exact) mass is 301 g/mol. The van der Waals surface area contributed by atoms with Gasteiger partial charge in [0.1, 0.15) is 5.75 Å². The molecule has 0 bridgehead atoms. The summed E-state index contributed by atoms with van der Waals surface area (Å²) in [6.45, 7) is 2.17. The number of likely N-dealkylation sites (N-methyl/N-ethyl adjacent to an activating group) is 1. The Balaban J connectivity index is 1.95. The molecule has 2 rings (SSSR count). The first-order chi connectivity index (χ1) is 10.2. The summed E-state index contributed by atoms with van der Waals surface area (Å²) < 4.78 is 5.29. The van der Waals surface area contributed by atoms with Crippen molar-refractivity contribution in [2.24, 2.45) is 0 Å². The van der Waals surface area contributed by atoms with Crippen molar-refractivity contribution in [3.05, 3.63) is 59.7 Å². The van der Waals surface area contributed by atoms with E-state index in [0.29, 0.717) is 6.04 Å². The van der Waals surface area contributed by atoms with Crippen molar-refractivity contribution in [2.45, 2.75) is 24.3 Å². The molecule has 0 fully saturated rings. The summed E-state index contributed by atoms with van der Waals surface area (Å²) in [6.07, 6.45) is 1.01. The average Bonchev–Trinajstić information content (AvgIpc) is 2.53. The largest absolute Gasteiger partial charge is 0.497 e. The molecule has 0 aliphatic carbocycles. The Morgan fingerprint density at radius 2 is 1.95 bits per heavy atom. The molecule has 2 aromatic rings. The Labute approximate surface area is 131 Å². The van der Waals surface area contributed by atoms with Crippen LogP contribution in [0.25, 0.3) is 0 Å². The minimum Gasteiger partial charge on any atom is -0.497 e. The molecule has 0 aromatic heterocycles. The molecular formula is C18H23NOS. The molecule has 1 N–H and O–H groups in total. The molecule has 112 valence electrons. The topological polar surface area (TPSA) is 21.3 Å². The minimum atomic E-state index is 0.446. The number of hydrogen-bond acceptors (Lipinski definition) is 3. The van der Waals surface area contributed by atoms with Crippen LogP contribution in [0.4, 0.5) is 0 Å². The van der Waals surface area contributed by atoms with E-state index < -0.39 is 0 Å². The van der Waals surface area contributed by atoms with Gasteiger partial charge in [-0.3, -0.25) is 0 Å². The zero-order chi connectivity index (χ0) is 15.1. The number of thioether (sulfide) groups is 1. The summed E-state index contributed by atoms with van der Waals surface area (Å²) in [6, 6.07) is 17.3. The number of rotatable bonds is 7. The predicted octanol–water partition coefficient (Wildman–Crippen LogP) is 3.93. The van der Waals surface area contributed by atoms with E-state index in [1.807, 2.05) is 24.9 Å². The van der Waals surface area contributed by atoms with Crippen molar-refractivity contribution in [1.82, 2.24) is 5.32 Å². The van der Waals surface area contributed by atoms with E-state index in [9.17, 15) is 0 Å². The van der Waals surface area contributed by atoms with Crippen LogP contribution in [0.5, 0.6) is 5.75 Å². The summed E-state index contributed by atoms with van der Waals surface area (Å²) in [5.41, 5.74) is 2.65. The summed E-state index contributed by atoms with van der Waals surface area (Å²) in [4.78, 5) is 1.36. The first-order valence-corrected chi connectivity index (χ1v) is 8.20. The highest BCUT2D eigenvalue weighted by Crippen LogP contribution is 2.23. The number of nitrogens with one attached hydrogen (secondary N) is 1. The lowest BCUT2D eigenvalue weighted by atomic mass is 10.1. The fourth-order valence-corrected chi connectivity index (χ4v) is 3.37. The molecule has 0 spiro atoms. The maximum absolute atomic E-state index is 5.29. The standard InChI is InChI=1S/C18H23NOS/c1-14-7-4-5-10-18(14)21-13-16(19-2)11-15-8-6-9-17(12-15)20-3/h4-10,12,16,19H,11,13H2,1-3H3. The third-order valence-electron chi connectivity index (χ3n) is 3.56. The van der Waals surface area contributed by atoms with Gasteiger partial charge in [-0.1, -0.05) is 30.3 Å². The molecule has 0 radical (unpaired) electrons. The second-order valence-corrected chi connectivity index (χ2v) is 6.18. The van der Waals surface area contributed by atoms with E-state index >= 15 is 0 Å². The highest BCUT2D eigenvalue weighted by Gasteiger charge is 2.09. The SMILES string of the molecule is CNC(CSc1ccccc1C)Cc1cccc(OC)c1. The number of methoxy groups -OCH3 is 1. The van der Waals surface area contributed by atoms with Gasteiger partial charge >= 0.3 is 0 Å². The predicted molar refractivity (Wildman–Crippen MR) is 91.4 cm³/mol. The van der Waals surface area contributed by atoms with Crippen LogP contribution in [-0.4, -0.2) is 26.0 Å². The normalized spacial score (nSPS) is 12.1. The fraction of sp³-hybridized carbons (Fsp3) is 0.333. The van der Waals surface area contributed by atoms with E-state index in [1.54, 1.807) is 7.11 Å². The molecule has 2 aromatic carbocycles. The van der Waals surface area contributed by atoms with E-state index in [4.69, 9.17) is 4.74 Å². The molecule has 2 nitrogen and oxygen atoms in total. The van der Waals surface area contributed by atoms with E-state index in [-0.39, 0.29) is 0 Å². The van der Waals surface area contributed by atoms with E-state index in [1.165, 1.54) is 16.0 Å². The van der Waals surface area contributed by atoms with Crippen LogP contribution in [-0.2, 0) is 6.42 Å². The number of hydrogen-bond donors (Lipinski definition) is 1. The molecule has 1 atom stereocenters. The zero-order valence-corrected chi connectivity index (χ0v) is 13.7. The van der Waals surface area contributed by atoms with Gasteiger partial charge in [0.2, 0.25) is 0 Å². The number of ether oxygens (including phenoxy) is 1. The minimum absolute atomic E-state index is 0.446. The molecule has 0 saturated carbocycles. The molecule has 1 unspecified atom stereocenters. The lowest BCUT2D eigenvalue weighted by molar-refractivity contribution is 0.414. The van der Waals surface area contributed by atoms with Gasteiger partial charge in [0.05, 0.1) is 7.11 Å². The molecule has 21 heavy (non-hydrogen) atoms. The highest BCUT2D eigenvalue weighted by molar-refractivity contribution is 7.99. The van der Waals surface area contributed by atoms with Crippen molar-refractivity contribution in [2.75, 3.05) is 19.9 Å². The number of aryl methyl sites for hydroxylation is 1. The van der Waals surface area contributed by atoms with Crippen LogP contribution >= 0.6 is 11.8 Å². The van der Waals surface area contributed by atoms with E-state index in [2.05, 4.69) is 54.7 Å². The highest BCUT2D eigenvalue weighted by atomic mass is 32.2. The average molecular weight is 301 g/mol. The van der Waals surface area contributed by atoms with Gasteiger partial charge in [-0.25, -0.2) is 0 Å². The quantitative estimate of drug-likeness (QED) is 0.783. The van der Waals surface area contributed by atoms with Gasteiger partial charge in [-0.15, -0.1) is 11.8 Å². The molecule has 0 heterocycles. The van der Waals surface area contributed by atoms with Crippen molar-refractivity contribution in [3.63, 3.8) is 0 Å². The summed E-state index contributed by atoms with van der Waals surface area (Å²) >= 11 is 1.92. The molecule has 0 aliphatic rings. The van der Waals surface area contributed by atoms with Crippen molar-refractivity contribution >= 4 is 11.8 Å². The van der Waals surface area contributed by atoms with Gasteiger partial charge < -0.3 is 10.1 Å². The Morgan fingerprint density at radius 1 is 1.14 bits per heavy atom. The number of benzene rings is 2. The lowest BCUT2D eigenvalue weighted by Crippen LogP contribution is -2.30. The third-order valence-corrected chi connectivity index (χ3v) is 4.90. The van der Waals surface area contributed by atoms with Crippen LogP contribution in [0.3, 0.4) is 0 Å². The maximum atomic E-state index is 5.29. The second-order valence-electron chi connectivity index (χ2n) is 5.12. The lowest BCUT2D eigenvalue weighted by Gasteiger charge is -2.17. The van der Waals surface area contributed by atoms with Crippen LogP contribution in [0.15, 0.2) is 53.4 Å². The van der Waals surface area contributed by atoms with Crippen LogP contribution < -0.4 is 10.1 Å². The fourth-order valence-electron chi connectivity index (χ4n) is 2.24. The molecule has 0 saturated heterocycles. The Bertz CT molecular complexity index is 571. The maximum Gasteiger partial charge on any atom is 0.119 e. The molecular weight excluding hydrogens is 278 g/mol.